The molecule has 0 spiro atoms. The van der Waals surface area contributed by atoms with E-state index in [0.29, 0.717) is 44.4 Å². The van der Waals surface area contributed by atoms with Gasteiger partial charge in [-0.05, 0) is 42.2 Å². The zero-order chi connectivity index (χ0) is 25.7. The van der Waals surface area contributed by atoms with Gasteiger partial charge in [0.2, 0.25) is 0 Å². The number of nitrogens with zero attached hydrogens (tertiary/aromatic N) is 1. The SMILES string of the molecule is C=O.CNC1=C(C(=O)N(C)CCCOC=O)C(CCC(C)C)=C(c2ccccc2C(C)C)NC1. The van der Waals surface area contributed by atoms with Crippen molar-refractivity contribution in [1.29, 1.82) is 0 Å². The number of carbonyl (C=O) groups excluding carboxylic acids is 3. The summed E-state index contributed by atoms with van der Waals surface area (Å²) in [6.07, 6.45) is 2.42. The zero-order valence-electron chi connectivity index (χ0n) is 21.6. The van der Waals surface area contributed by atoms with Crippen LogP contribution in [-0.4, -0.2) is 57.9 Å². The molecule has 0 aromatic heterocycles. The van der Waals surface area contributed by atoms with Gasteiger partial charge in [0.05, 0.1) is 18.7 Å². The van der Waals surface area contributed by atoms with E-state index in [4.69, 9.17) is 9.53 Å². The molecule has 2 N–H and O–H groups in total. The van der Waals surface area contributed by atoms with Crippen LogP contribution in [0.5, 0.6) is 0 Å². The highest BCUT2D eigenvalue weighted by atomic mass is 16.5. The number of nitrogens with one attached hydrogen (secondary N) is 2. The summed E-state index contributed by atoms with van der Waals surface area (Å²) in [6.45, 7) is 12.7. The second kappa shape index (κ2) is 14.9. The van der Waals surface area contributed by atoms with Crippen molar-refractivity contribution in [2.24, 2.45) is 5.92 Å². The second-order valence-corrected chi connectivity index (χ2v) is 9.03. The molecule has 7 heteroatoms. The van der Waals surface area contributed by atoms with Crippen LogP contribution in [0.3, 0.4) is 0 Å². The van der Waals surface area contributed by atoms with Gasteiger partial charge in [-0.1, -0.05) is 52.0 Å². The van der Waals surface area contributed by atoms with E-state index in [2.05, 4.69) is 62.6 Å². The maximum absolute atomic E-state index is 13.6. The van der Waals surface area contributed by atoms with Gasteiger partial charge in [-0.15, -0.1) is 0 Å². The Morgan fingerprint density at radius 3 is 2.50 bits per heavy atom. The average molecular weight is 472 g/mol. The van der Waals surface area contributed by atoms with Crippen molar-refractivity contribution >= 4 is 24.9 Å². The number of dihydropyridines is 1. The molecule has 0 aliphatic carbocycles. The summed E-state index contributed by atoms with van der Waals surface area (Å²) in [7, 11) is 3.68. The molecule has 1 aliphatic heterocycles. The van der Waals surface area contributed by atoms with Crippen LogP contribution in [0, 0.1) is 5.92 Å². The van der Waals surface area contributed by atoms with Gasteiger partial charge in [0, 0.05) is 37.6 Å². The van der Waals surface area contributed by atoms with Gasteiger partial charge in [-0.2, -0.15) is 0 Å². The Kier molecular flexibility index (Phi) is 12.7. The minimum atomic E-state index is 0.000220. The fraction of sp³-hybridized carbons (Fsp3) is 0.519. The summed E-state index contributed by atoms with van der Waals surface area (Å²) in [5, 5.41) is 6.88. The second-order valence-electron chi connectivity index (χ2n) is 9.03. The third kappa shape index (κ3) is 7.75. The van der Waals surface area contributed by atoms with E-state index in [0.717, 1.165) is 35.4 Å². The Hall–Kier alpha value is -3.09. The summed E-state index contributed by atoms with van der Waals surface area (Å²) in [4.78, 5) is 33.8. The molecule has 34 heavy (non-hydrogen) atoms. The Labute approximate surface area is 204 Å². The minimum Gasteiger partial charge on any atom is -0.468 e. The first kappa shape index (κ1) is 28.9. The van der Waals surface area contributed by atoms with E-state index in [1.54, 1.807) is 4.90 Å². The summed E-state index contributed by atoms with van der Waals surface area (Å²) in [5.74, 6) is 0.903. The quantitative estimate of drug-likeness (QED) is 0.355. The first-order valence-electron chi connectivity index (χ1n) is 11.9. The largest absolute Gasteiger partial charge is 0.468 e. The molecule has 1 heterocycles. The van der Waals surface area contributed by atoms with E-state index in [9.17, 15) is 9.59 Å². The number of rotatable bonds is 12. The normalized spacial score (nSPS) is 13.3. The van der Waals surface area contributed by atoms with Gasteiger partial charge in [-0.3, -0.25) is 9.59 Å². The van der Waals surface area contributed by atoms with Crippen molar-refractivity contribution in [3.63, 3.8) is 0 Å². The summed E-state index contributed by atoms with van der Waals surface area (Å²) in [5.41, 5.74) is 6.26. The molecule has 1 aromatic carbocycles. The van der Waals surface area contributed by atoms with Gasteiger partial charge >= 0.3 is 0 Å². The van der Waals surface area contributed by atoms with Crippen LogP contribution in [0.25, 0.3) is 5.70 Å². The fourth-order valence-electron chi connectivity index (χ4n) is 4.05. The van der Waals surface area contributed by atoms with Gasteiger partial charge in [0.25, 0.3) is 12.4 Å². The molecule has 0 atom stereocenters. The highest BCUT2D eigenvalue weighted by Gasteiger charge is 2.29. The van der Waals surface area contributed by atoms with Gasteiger partial charge in [-0.25, -0.2) is 0 Å². The molecule has 0 radical (unpaired) electrons. The molecule has 0 saturated heterocycles. The molecule has 0 unspecified atom stereocenters. The lowest BCUT2D eigenvalue weighted by Gasteiger charge is -2.31. The molecule has 1 amide bonds. The molecule has 2 rings (SSSR count). The number of ether oxygens (including phenoxy) is 1. The predicted molar refractivity (Wildman–Crippen MR) is 137 cm³/mol. The highest BCUT2D eigenvalue weighted by Crippen LogP contribution is 2.35. The lowest BCUT2D eigenvalue weighted by Crippen LogP contribution is -2.38. The minimum absolute atomic E-state index is 0.000220. The van der Waals surface area contributed by atoms with E-state index in [1.807, 2.05) is 20.9 Å². The Bertz CT molecular complexity index is 874. The average Bonchev–Trinajstić information content (AvgIpc) is 2.85. The monoisotopic (exact) mass is 471 g/mol. The lowest BCUT2D eigenvalue weighted by molar-refractivity contribution is -0.129. The third-order valence-electron chi connectivity index (χ3n) is 5.86. The lowest BCUT2D eigenvalue weighted by atomic mass is 9.85. The Morgan fingerprint density at radius 2 is 1.91 bits per heavy atom. The number of likely N-dealkylation sites (N-methyl/N-ethyl adjacent to an activating group) is 2. The van der Waals surface area contributed by atoms with Crippen molar-refractivity contribution in [3.05, 3.63) is 52.2 Å². The molecule has 7 nitrogen and oxygen atoms in total. The summed E-state index contributed by atoms with van der Waals surface area (Å²) < 4.78 is 4.79. The predicted octanol–water partition coefficient (Wildman–Crippen LogP) is 3.87. The maximum atomic E-state index is 13.6. The number of hydrogen-bond acceptors (Lipinski definition) is 6. The van der Waals surface area contributed by atoms with Crippen LogP contribution in [0.2, 0.25) is 0 Å². The molecule has 0 saturated carbocycles. The molecule has 0 fully saturated rings. The molecule has 188 valence electrons. The van der Waals surface area contributed by atoms with Crippen molar-refractivity contribution in [3.8, 4) is 0 Å². The standard InChI is InChI=1S/C26H39N3O3.CH2O/c1-18(2)12-13-22-24(26(31)29(6)14-9-15-32-17-30)23(27-5)16-28-25(22)21-11-8-7-10-20(21)19(3)4;1-2/h7-8,10-11,17-19,27-28H,9,12-16H2,1-6H3;1H2. The number of amides is 1. The van der Waals surface area contributed by atoms with E-state index < -0.39 is 0 Å². The van der Waals surface area contributed by atoms with E-state index in [-0.39, 0.29) is 5.91 Å². The zero-order valence-corrected chi connectivity index (χ0v) is 21.6. The maximum Gasteiger partial charge on any atom is 0.293 e. The van der Waals surface area contributed by atoms with Crippen LogP contribution in [-0.2, 0) is 19.1 Å². The Morgan fingerprint density at radius 1 is 1.24 bits per heavy atom. The summed E-state index contributed by atoms with van der Waals surface area (Å²) >= 11 is 0. The van der Waals surface area contributed by atoms with Gasteiger partial charge in [0.1, 0.15) is 6.79 Å². The van der Waals surface area contributed by atoms with E-state index >= 15 is 0 Å². The highest BCUT2D eigenvalue weighted by molar-refractivity contribution is 6.02. The molecule has 1 aromatic rings. The molecule has 1 aliphatic rings. The summed E-state index contributed by atoms with van der Waals surface area (Å²) in [6, 6.07) is 8.47. The first-order chi connectivity index (χ1) is 16.3. The smallest absolute Gasteiger partial charge is 0.293 e. The molecular weight excluding hydrogens is 430 g/mol. The van der Waals surface area contributed by atoms with Crippen molar-refractivity contribution < 1.29 is 19.1 Å². The Balaban J connectivity index is 0.00000281. The first-order valence-corrected chi connectivity index (χ1v) is 11.9. The molecule has 0 bridgehead atoms. The van der Waals surface area contributed by atoms with Crippen LogP contribution in [0.1, 0.15) is 64.0 Å². The molecular formula is C27H41N3O4. The van der Waals surface area contributed by atoms with Gasteiger partial charge < -0.3 is 25.1 Å². The van der Waals surface area contributed by atoms with E-state index in [1.165, 1.54) is 11.1 Å². The fourth-order valence-corrected chi connectivity index (χ4v) is 4.05. The number of benzene rings is 1. The third-order valence-corrected chi connectivity index (χ3v) is 5.86. The van der Waals surface area contributed by atoms with Crippen LogP contribution < -0.4 is 10.6 Å². The topological polar surface area (TPSA) is 87.7 Å². The van der Waals surface area contributed by atoms with Crippen molar-refractivity contribution in [2.45, 2.75) is 52.9 Å². The van der Waals surface area contributed by atoms with Crippen molar-refractivity contribution in [2.75, 3.05) is 33.8 Å². The van der Waals surface area contributed by atoms with Crippen LogP contribution >= 0.6 is 0 Å². The number of carbonyl (C=O) groups is 3. The van der Waals surface area contributed by atoms with Gasteiger partial charge in [0.15, 0.2) is 0 Å². The number of hydrogen-bond donors (Lipinski definition) is 2. The van der Waals surface area contributed by atoms with Crippen molar-refractivity contribution in [1.82, 2.24) is 15.5 Å². The van der Waals surface area contributed by atoms with Crippen LogP contribution in [0.4, 0.5) is 0 Å². The van der Waals surface area contributed by atoms with Crippen LogP contribution in [0.15, 0.2) is 41.1 Å².